The van der Waals surface area contributed by atoms with Crippen LogP contribution in [0.15, 0.2) is 18.2 Å². The van der Waals surface area contributed by atoms with Gasteiger partial charge in [0.15, 0.2) is 0 Å². The minimum absolute atomic E-state index is 0.250. The Morgan fingerprint density at radius 2 is 1.83 bits per heavy atom. The zero-order valence-electron chi connectivity index (χ0n) is 9.55. The molecule has 0 atom stereocenters. The van der Waals surface area contributed by atoms with Crippen LogP contribution in [-0.2, 0) is 0 Å². The summed E-state index contributed by atoms with van der Waals surface area (Å²) in [4.78, 5) is 11.3. The van der Waals surface area contributed by atoms with Crippen molar-refractivity contribution in [3.63, 3.8) is 0 Å². The highest BCUT2D eigenvalue weighted by atomic mass is 19.3. The van der Waals surface area contributed by atoms with Crippen molar-refractivity contribution in [3.05, 3.63) is 23.8 Å². The highest BCUT2D eigenvalue weighted by Crippen LogP contribution is 2.33. The molecule has 3 nitrogen and oxygen atoms in total. The van der Waals surface area contributed by atoms with Crippen LogP contribution in [0.4, 0.5) is 17.6 Å². The number of carbonyl (C=O) groups excluding carboxylic acids is 1. The highest BCUT2D eigenvalue weighted by molar-refractivity contribution is 6.04. The largest absolute Gasteiger partial charge is 0.497 e. The topological polar surface area (TPSA) is 35.5 Å². The van der Waals surface area contributed by atoms with Gasteiger partial charge in [-0.2, -0.15) is 8.78 Å². The van der Waals surface area contributed by atoms with Crippen LogP contribution in [0.25, 0.3) is 0 Å². The predicted octanol–water partition coefficient (Wildman–Crippen LogP) is 2.79. The van der Waals surface area contributed by atoms with Gasteiger partial charge in [0.1, 0.15) is 11.5 Å². The lowest BCUT2D eigenvalue weighted by Gasteiger charge is -2.16. The molecule has 7 heteroatoms. The third-order valence-electron chi connectivity index (χ3n) is 2.23. The zero-order chi connectivity index (χ0) is 13.9. The molecule has 18 heavy (non-hydrogen) atoms. The number of methoxy groups -OCH3 is 2. The smallest absolute Gasteiger partial charge is 0.369 e. The average Bonchev–Trinajstić information content (AvgIpc) is 2.36. The summed E-state index contributed by atoms with van der Waals surface area (Å²) in [7, 11) is 2.45. The third kappa shape index (κ3) is 2.55. The standard InChI is InChI=1S/C11H10F4O3/c1-17-6-3-4-7(8(5-6)18-2)9(16)11(14,15)10(12)13/h3-5,10H,1-2H3. The molecule has 0 amide bonds. The molecule has 0 radical (unpaired) electrons. The Balaban J connectivity index is 3.21. The molecule has 1 rings (SSSR count). The molecule has 0 heterocycles. The van der Waals surface area contributed by atoms with E-state index in [0.29, 0.717) is 0 Å². The van der Waals surface area contributed by atoms with Crippen molar-refractivity contribution in [1.82, 2.24) is 0 Å². The van der Waals surface area contributed by atoms with Crippen molar-refractivity contribution in [1.29, 1.82) is 0 Å². The van der Waals surface area contributed by atoms with E-state index >= 15 is 0 Å². The monoisotopic (exact) mass is 266 g/mol. The number of hydrogen-bond donors (Lipinski definition) is 0. The molecule has 0 aliphatic heterocycles. The van der Waals surface area contributed by atoms with E-state index < -0.39 is 23.7 Å². The maximum Gasteiger partial charge on any atom is 0.369 e. The normalized spacial score (nSPS) is 11.5. The summed E-state index contributed by atoms with van der Waals surface area (Å²) in [6.07, 6.45) is -4.07. The van der Waals surface area contributed by atoms with Crippen LogP contribution in [0.3, 0.4) is 0 Å². The van der Waals surface area contributed by atoms with Gasteiger partial charge < -0.3 is 9.47 Å². The van der Waals surface area contributed by atoms with Crippen molar-refractivity contribution in [2.75, 3.05) is 14.2 Å². The average molecular weight is 266 g/mol. The van der Waals surface area contributed by atoms with Crippen LogP contribution in [0.1, 0.15) is 10.4 Å². The summed E-state index contributed by atoms with van der Waals surface area (Å²) in [6.45, 7) is 0. The summed E-state index contributed by atoms with van der Waals surface area (Å²) in [5, 5.41) is 0. The van der Waals surface area contributed by atoms with Crippen LogP contribution < -0.4 is 9.47 Å². The van der Waals surface area contributed by atoms with Gasteiger partial charge in [-0.3, -0.25) is 4.79 Å². The Bertz CT molecular complexity index is 446. The number of Topliss-reactive ketones (excluding diaryl/α,β-unsaturated/α-hetero) is 1. The maximum atomic E-state index is 12.9. The Kier molecular flexibility index (Phi) is 4.15. The van der Waals surface area contributed by atoms with E-state index in [1.165, 1.54) is 13.2 Å². The third-order valence-corrected chi connectivity index (χ3v) is 2.23. The second-order valence-corrected chi connectivity index (χ2v) is 3.32. The van der Waals surface area contributed by atoms with Crippen molar-refractivity contribution in [3.8, 4) is 11.5 Å². The Morgan fingerprint density at radius 3 is 2.28 bits per heavy atom. The molecule has 0 unspecified atom stereocenters. The van der Waals surface area contributed by atoms with Crippen molar-refractivity contribution in [2.45, 2.75) is 12.3 Å². The number of ether oxygens (including phenoxy) is 2. The number of halogens is 4. The number of benzene rings is 1. The van der Waals surface area contributed by atoms with Gasteiger partial charge in [-0.25, -0.2) is 8.78 Å². The van der Waals surface area contributed by atoms with Crippen LogP contribution in [0.5, 0.6) is 11.5 Å². The van der Waals surface area contributed by atoms with E-state index in [1.807, 2.05) is 0 Å². The molecule has 100 valence electrons. The molecule has 0 saturated carbocycles. The fraction of sp³-hybridized carbons (Fsp3) is 0.364. The number of ketones is 1. The lowest BCUT2D eigenvalue weighted by molar-refractivity contribution is -0.0959. The van der Waals surface area contributed by atoms with Gasteiger partial charge in [-0.1, -0.05) is 0 Å². The fourth-order valence-corrected chi connectivity index (χ4v) is 1.26. The zero-order valence-corrected chi connectivity index (χ0v) is 9.55. The molecule has 0 aliphatic carbocycles. The first kappa shape index (κ1) is 14.3. The van der Waals surface area contributed by atoms with Gasteiger partial charge in [0.25, 0.3) is 0 Å². The molecule has 0 spiro atoms. The van der Waals surface area contributed by atoms with Gasteiger partial charge in [0, 0.05) is 6.07 Å². The Labute approximate surface area is 100 Å². The van der Waals surface area contributed by atoms with Gasteiger partial charge >= 0.3 is 12.3 Å². The van der Waals surface area contributed by atoms with E-state index in [2.05, 4.69) is 0 Å². The van der Waals surface area contributed by atoms with E-state index in [1.54, 1.807) is 0 Å². The lowest BCUT2D eigenvalue weighted by atomic mass is 10.0. The molecule has 0 N–H and O–H groups in total. The van der Waals surface area contributed by atoms with Crippen LogP contribution >= 0.6 is 0 Å². The number of alkyl halides is 4. The van der Waals surface area contributed by atoms with E-state index in [0.717, 1.165) is 19.2 Å². The lowest BCUT2D eigenvalue weighted by Crippen LogP contribution is -2.36. The van der Waals surface area contributed by atoms with E-state index in [4.69, 9.17) is 9.47 Å². The Hall–Kier alpha value is -1.79. The van der Waals surface area contributed by atoms with Crippen molar-refractivity contribution >= 4 is 5.78 Å². The fourth-order valence-electron chi connectivity index (χ4n) is 1.26. The molecular weight excluding hydrogens is 256 g/mol. The minimum Gasteiger partial charge on any atom is -0.497 e. The van der Waals surface area contributed by atoms with Gasteiger partial charge in [-0.15, -0.1) is 0 Å². The van der Waals surface area contributed by atoms with Gasteiger partial charge in [-0.05, 0) is 12.1 Å². The van der Waals surface area contributed by atoms with Crippen LogP contribution in [0.2, 0.25) is 0 Å². The summed E-state index contributed by atoms with van der Waals surface area (Å²) in [6, 6.07) is 3.32. The van der Waals surface area contributed by atoms with E-state index in [-0.39, 0.29) is 11.5 Å². The predicted molar refractivity (Wildman–Crippen MR) is 54.8 cm³/mol. The molecule has 0 bridgehead atoms. The van der Waals surface area contributed by atoms with Crippen LogP contribution in [-0.4, -0.2) is 32.4 Å². The summed E-state index contributed by atoms with van der Waals surface area (Å²) in [5.41, 5.74) is -0.622. The van der Waals surface area contributed by atoms with Gasteiger partial charge in [0.05, 0.1) is 19.8 Å². The molecular formula is C11H10F4O3. The second-order valence-electron chi connectivity index (χ2n) is 3.32. The molecule has 0 fully saturated rings. The quantitative estimate of drug-likeness (QED) is 0.607. The molecule has 0 aromatic heterocycles. The summed E-state index contributed by atoms with van der Waals surface area (Å²) >= 11 is 0. The number of rotatable bonds is 5. The molecule has 1 aromatic rings. The van der Waals surface area contributed by atoms with Gasteiger partial charge in [0.2, 0.25) is 5.78 Å². The van der Waals surface area contributed by atoms with Crippen molar-refractivity contribution < 1.29 is 31.8 Å². The Morgan fingerprint density at radius 1 is 1.22 bits per heavy atom. The first-order chi connectivity index (χ1) is 8.34. The summed E-state index contributed by atoms with van der Waals surface area (Å²) < 4.78 is 59.6. The molecule has 1 aromatic carbocycles. The molecule has 0 aliphatic rings. The first-order valence-corrected chi connectivity index (χ1v) is 4.77. The highest BCUT2D eigenvalue weighted by Gasteiger charge is 2.49. The number of carbonyl (C=O) groups is 1. The second kappa shape index (κ2) is 5.24. The van der Waals surface area contributed by atoms with E-state index in [9.17, 15) is 22.4 Å². The SMILES string of the molecule is COc1ccc(C(=O)C(F)(F)C(F)F)c(OC)c1. The molecule has 0 saturated heterocycles. The number of hydrogen-bond acceptors (Lipinski definition) is 3. The first-order valence-electron chi connectivity index (χ1n) is 4.77. The van der Waals surface area contributed by atoms with Crippen LogP contribution in [0, 0.1) is 0 Å². The minimum atomic E-state index is -4.75. The van der Waals surface area contributed by atoms with Crippen molar-refractivity contribution in [2.24, 2.45) is 0 Å². The summed E-state index contributed by atoms with van der Waals surface area (Å²) in [5.74, 6) is -6.73. The maximum absolute atomic E-state index is 12.9.